The first kappa shape index (κ1) is 11.0. The number of carbonyl (C=O) groups excluding carboxylic acids is 2. The van der Waals surface area contributed by atoms with E-state index in [9.17, 15) is 9.59 Å². The van der Waals surface area contributed by atoms with Crippen LogP contribution in [0.25, 0.3) is 0 Å². The smallest absolute Gasteiger partial charge is 0.331 e. The first-order valence-electron chi connectivity index (χ1n) is 4.17. The lowest BCUT2D eigenvalue weighted by atomic mass is 10.4. The number of rotatable bonds is 4. The zero-order chi connectivity index (χ0) is 11.1. The van der Waals surface area contributed by atoms with Gasteiger partial charge in [0.05, 0.1) is 13.4 Å². The Labute approximate surface area is 86.3 Å². The maximum atomic E-state index is 11.0. The van der Waals surface area contributed by atoms with Crippen LogP contribution in [0.2, 0.25) is 0 Å². The van der Waals surface area contributed by atoms with E-state index in [1.54, 1.807) is 12.1 Å². The first-order valence-corrected chi connectivity index (χ1v) is 4.17. The summed E-state index contributed by atoms with van der Waals surface area (Å²) in [7, 11) is 1.22. The van der Waals surface area contributed by atoms with Gasteiger partial charge in [-0.1, -0.05) is 0 Å². The molecule has 0 aromatic carbocycles. The molecular weight excluding hydrogens is 200 g/mol. The van der Waals surface area contributed by atoms with E-state index in [4.69, 9.17) is 9.15 Å². The molecule has 0 fully saturated rings. The molecule has 0 saturated heterocycles. The van der Waals surface area contributed by atoms with E-state index in [1.165, 1.54) is 13.4 Å². The Kier molecular flexibility index (Phi) is 4.15. The van der Waals surface area contributed by atoms with Crippen molar-refractivity contribution in [2.45, 2.75) is 6.61 Å². The van der Waals surface area contributed by atoms with Gasteiger partial charge in [-0.25, -0.2) is 9.59 Å². The summed E-state index contributed by atoms with van der Waals surface area (Å²) in [5.41, 5.74) is 0. The highest BCUT2D eigenvalue weighted by molar-refractivity contribution is 5.91. The van der Waals surface area contributed by atoms with Crippen LogP contribution in [0.1, 0.15) is 5.76 Å². The minimum Gasteiger partial charge on any atom is -0.466 e. The average Bonchev–Trinajstić information content (AvgIpc) is 2.75. The maximum absolute atomic E-state index is 11.0. The lowest BCUT2D eigenvalue weighted by Gasteiger charge is -1.97. The summed E-state index contributed by atoms with van der Waals surface area (Å²) in [6.07, 6.45) is 3.46. The summed E-state index contributed by atoms with van der Waals surface area (Å²) >= 11 is 0. The first-order chi connectivity index (χ1) is 7.22. The molecule has 5 heteroatoms. The second-order valence-electron chi connectivity index (χ2n) is 2.54. The highest BCUT2D eigenvalue weighted by Crippen LogP contribution is 2.01. The van der Waals surface area contributed by atoms with Crippen molar-refractivity contribution >= 4 is 11.9 Å². The second kappa shape index (κ2) is 5.64. The van der Waals surface area contributed by atoms with Gasteiger partial charge >= 0.3 is 11.9 Å². The Bertz CT molecular complexity index is 350. The molecule has 0 unspecified atom stereocenters. The van der Waals surface area contributed by atoms with Crippen LogP contribution in [0.15, 0.2) is 35.0 Å². The number of methoxy groups -OCH3 is 1. The molecule has 0 radical (unpaired) electrons. The van der Waals surface area contributed by atoms with Gasteiger partial charge < -0.3 is 13.9 Å². The van der Waals surface area contributed by atoms with E-state index in [2.05, 4.69) is 4.74 Å². The number of furan rings is 1. The minimum absolute atomic E-state index is 0.0390. The molecule has 0 saturated carbocycles. The molecule has 1 aromatic heterocycles. The zero-order valence-electron chi connectivity index (χ0n) is 8.14. The molecule has 1 heterocycles. The van der Waals surface area contributed by atoms with Crippen LogP contribution in [0.3, 0.4) is 0 Å². The van der Waals surface area contributed by atoms with Crippen molar-refractivity contribution in [3.8, 4) is 0 Å². The molecule has 0 aliphatic rings. The van der Waals surface area contributed by atoms with Gasteiger partial charge in [0.15, 0.2) is 0 Å². The molecule has 80 valence electrons. The fourth-order valence-electron chi connectivity index (χ4n) is 0.789. The van der Waals surface area contributed by atoms with Crippen LogP contribution in [-0.4, -0.2) is 19.0 Å². The molecule has 0 amide bonds. The Balaban J connectivity index is 2.31. The summed E-state index contributed by atoms with van der Waals surface area (Å²) in [4.78, 5) is 21.6. The Morgan fingerprint density at radius 3 is 2.73 bits per heavy atom. The molecule has 0 spiro atoms. The van der Waals surface area contributed by atoms with Crippen LogP contribution in [0.5, 0.6) is 0 Å². The highest BCUT2D eigenvalue weighted by atomic mass is 16.5. The standard InChI is InChI=1S/C10H10O5/c1-13-9(11)4-5-10(12)15-7-8-3-2-6-14-8/h2-6H,7H2,1H3/b5-4-. The van der Waals surface area contributed by atoms with Crippen LogP contribution >= 0.6 is 0 Å². The Morgan fingerprint density at radius 1 is 1.40 bits per heavy atom. The van der Waals surface area contributed by atoms with Gasteiger partial charge in [-0.3, -0.25) is 0 Å². The number of hydrogen-bond donors (Lipinski definition) is 0. The molecule has 5 nitrogen and oxygen atoms in total. The number of esters is 2. The van der Waals surface area contributed by atoms with Gasteiger partial charge in [-0.15, -0.1) is 0 Å². The van der Waals surface area contributed by atoms with Crippen LogP contribution in [0, 0.1) is 0 Å². The van der Waals surface area contributed by atoms with Crippen molar-refractivity contribution < 1.29 is 23.5 Å². The summed E-state index contributed by atoms with van der Waals surface area (Å²) in [6.45, 7) is 0.0390. The summed E-state index contributed by atoms with van der Waals surface area (Å²) < 4.78 is 14.0. The van der Waals surface area contributed by atoms with Gasteiger partial charge in [-0.2, -0.15) is 0 Å². The Hall–Kier alpha value is -2.04. The summed E-state index contributed by atoms with van der Waals surface area (Å²) in [6, 6.07) is 3.37. The van der Waals surface area contributed by atoms with Crippen molar-refractivity contribution in [2.75, 3.05) is 7.11 Å². The minimum atomic E-state index is -0.628. The van der Waals surface area contributed by atoms with Crippen LogP contribution in [0.4, 0.5) is 0 Å². The van der Waals surface area contributed by atoms with E-state index in [-0.39, 0.29) is 6.61 Å². The van der Waals surface area contributed by atoms with Gasteiger partial charge in [0, 0.05) is 12.2 Å². The van der Waals surface area contributed by atoms with E-state index >= 15 is 0 Å². The SMILES string of the molecule is COC(=O)/C=C\C(=O)OCc1ccco1. The number of hydrogen-bond acceptors (Lipinski definition) is 5. The molecule has 0 bridgehead atoms. The van der Waals surface area contributed by atoms with E-state index < -0.39 is 11.9 Å². The van der Waals surface area contributed by atoms with E-state index in [0.717, 1.165) is 12.2 Å². The molecule has 1 aromatic rings. The molecule has 0 N–H and O–H groups in total. The highest BCUT2D eigenvalue weighted by Gasteiger charge is 2.01. The largest absolute Gasteiger partial charge is 0.466 e. The van der Waals surface area contributed by atoms with Gasteiger partial charge in [-0.05, 0) is 12.1 Å². The number of carbonyl (C=O) groups is 2. The lowest BCUT2D eigenvalue weighted by Crippen LogP contribution is -2.02. The normalized spacial score (nSPS) is 10.2. The van der Waals surface area contributed by atoms with Gasteiger partial charge in [0.25, 0.3) is 0 Å². The summed E-state index contributed by atoms with van der Waals surface area (Å²) in [5, 5.41) is 0. The second-order valence-corrected chi connectivity index (χ2v) is 2.54. The third-order valence-corrected chi connectivity index (χ3v) is 1.49. The monoisotopic (exact) mass is 210 g/mol. The van der Waals surface area contributed by atoms with Crippen molar-refractivity contribution in [2.24, 2.45) is 0 Å². The third kappa shape index (κ3) is 4.12. The van der Waals surface area contributed by atoms with E-state index in [0.29, 0.717) is 5.76 Å². The van der Waals surface area contributed by atoms with Crippen LogP contribution in [-0.2, 0) is 25.7 Å². The molecule has 0 atom stereocenters. The fourth-order valence-corrected chi connectivity index (χ4v) is 0.789. The van der Waals surface area contributed by atoms with Gasteiger partial charge in [0.2, 0.25) is 0 Å². The number of ether oxygens (including phenoxy) is 2. The third-order valence-electron chi connectivity index (χ3n) is 1.49. The van der Waals surface area contributed by atoms with E-state index in [1.807, 2.05) is 0 Å². The van der Waals surface area contributed by atoms with Crippen molar-refractivity contribution in [3.05, 3.63) is 36.3 Å². The average molecular weight is 210 g/mol. The predicted molar refractivity (Wildman–Crippen MR) is 49.7 cm³/mol. The summed E-state index contributed by atoms with van der Waals surface area (Å²) in [5.74, 6) is -0.698. The quantitative estimate of drug-likeness (QED) is 0.549. The van der Waals surface area contributed by atoms with Crippen LogP contribution < -0.4 is 0 Å². The molecule has 0 aliphatic heterocycles. The van der Waals surface area contributed by atoms with Crippen molar-refractivity contribution in [1.82, 2.24) is 0 Å². The molecule has 15 heavy (non-hydrogen) atoms. The van der Waals surface area contributed by atoms with Gasteiger partial charge in [0.1, 0.15) is 12.4 Å². The van der Waals surface area contributed by atoms with Crippen molar-refractivity contribution in [1.29, 1.82) is 0 Å². The Morgan fingerprint density at radius 2 is 2.13 bits per heavy atom. The zero-order valence-corrected chi connectivity index (χ0v) is 8.14. The van der Waals surface area contributed by atoms with Crippen molar-refractivity contribution in [3.63, 3.8) is 0 Å². The topological polar surface area (TPSA) is 65.7 Å². The maximum Gasteiger partial charge on any atom is 0.331 e. The molecule has 1 rings (SSSR count). The molecular formula is C10H10O5. The predicted octanol–water partition coefficient (Wildman–Crippen LogP) is 1.05. The fraction of sp³-hybridized carbons (Fsp3) is 0.200. The lowest BCUT2D eigenvalue weighted by molar-refractivity contribution is -0.140. The molecule has 0 aliphatic carbocycles.